The standard InChI is InChI=1S/C6H5BrN4/c7-4-3-10-11-2-1-9-6(8)5(4)11/h1-3H,(H2,8,9). The highest BCUT2D eigenvalue weighted by Crippen LogP contribution is 2.20. The fourth-order valence-corrected chi connectivity index (χ4v) is 1.41. The molecule has 0 unspecified atom stereocenters. The summed E-state index contributed by atoms with van der Waals surface area (Å²) in [6.45, 7) is 0. The molecule has 0 saturated carbocycles. The first-order chi connectivity index (χ1) is 5.29. The van der Waals surface area contributed by atoms with E-state index in [1.54, 1.807) is 23.1 Å². The fraction of sp³-hybridized carbons (Fsp3) is 0. The topological polar surface area (TPSA) is 56.2 Å². The van der Waals surface area contributed by atoms with Gasteiger partial charge in [0, 0.05) is 12.4 Å². The molecule has 0 saturated heterocycles. The van der Waals surface area contributed by atoms with Gasteiger partial charge in [0.05, 0.1) is 10.7 Å². The third-order valence-corrected chi connectivity index (χ3v) is 2.00. The molecule has 0 fully saturated rings. The first-order valence-electron chi connectivity index (χ1n) is 3.02. The number of hydrogen-bond donors (Lipinski definition) is 1. The van der Waals surface area contributed by atoms with Crippen LogP contribution in [0.3, 0.4) is 0 Å². The molecule has 2 N–H and O–H groups in total. The maximum Gasteiger partial charge on any atom is 0.150 e. The summed E-state index contributed by atoms with van der Waals surface area (Å²) in [6.07, 6.45) is 5.05. The molecule has 56 valence electrons. The molecule has 4 nitrogen and oxygen atoms in total. The van der Waals surface area contributed by atoms with Crippen molar-refractivity contribution < 1.29 is 0 Å². The number of nitrogens with two attached hydrogens (primary N) is 1. The van der Waals surface area contributed by atoms with Crippen molar-refractivity contribution in [2.45, 2.75) is 0 Å². The van der Waals surface area contributed by atoms with Crippen LogP contribution >= 0.6 is 15.9 Å². The molecule has 2 rings (SSSR count). The largest absolute Gasteiger partial charge is 0.382 e. The van der Waals surface area contributed by atoms with Gasteiger partial charge in [-0.3, -0.25) is 0 Å². The van der Waals surface area contributed by atoms with Crippen LogP contribution in [0.5, 0.6) is 0 Å². The molecule has 2 aromatic heterocycles. The number of nitrogen functional groups attached to an aromatic ring is 1. The number of anilines is 1. The molecule has 11 heavy (non-hydrogen) atoms. The van der Waals surface area contributed by atoms with Gasteiger partial charge < -0.3 is 5.73 Å². The molecule has 0 radical (unpaired) electrons. The summed E-state index contributed by atoms with van der Waals surface area (Å²) in [4.78, 5) is 3.93. The predicted molar refractivity (Wildman–Crippen MR) is 45.1 cm³/mol. The van der Waals surface area contributed by atoms with Crippen molar-refractivity contribution >= 4 is 27.3 Å². The molecule has 0 aliphatic carbocycles. The molecule has 2 aromatic rings. The average Bonchev–Trinajstić information content (AvgIpc) is 2.34. The van der Waals surface area contributed by atoms with Crippen LogP contribution in [-0.2, 0) is 0 Å². The van der Waals surface area contributed by atoms with Gasteiger partial charge in [0.15, 0.2) is 5.82 Å². The lowest BCUT2D eigenvalue weighted by molar-refractivity contribution is 0.949. The van der Waals surface area contributed by atoms with Gasteiger partial charge in [-0.1, -0.05) is 0 Å². The van der Waals surface area contributed by atoms with E-state index >= 15 is 0 Å². The Labute approximate surface area is 71.2 Å². The van der Waals surface area contributed by atoms with Crippen molar-refractivity contribution in [3.8, 4) is 0 Å². The Hall–Kier alpha value is -1.10. The predicted octanol–water partition coefficient (Wildman–Crippen LogP) is 1.07. The lowest BCUT2D eigenvalue weighted by Crippen LogP contribution is -1.95. The summed E-state index contributed by atoms with van der Waals surface area (Å²) >= 11 is 3.31. The smallest absolute Gasteiger partial charge is 0.150 e. The second-order valence-corrected chi connectivity index (χ2v) is 2.95. The van der Waals surface area contributed by atoms with Crippen LogP contribution in [0.15, 0.2) is 23.1 Å². The molecule has 0 amide bonds. The molecule has 0 atom stereocenters. The van der Waals surface area contributed by atoms with Crippen LogP contribution in [0.1, 0.15) is 0 Å². The summed E-state index contributed by atoms with van der Waals surface area (Å²) in [6, 6.07) is 0. The van der Waals surface area contributed by atoms with Crippen molar-refractivity contribution in [3.05, 3.63) is 23.1 Å². The van der Waals surface area contributed by atoms with Gasteiger partial charge in [-0.25, -0.2) is 9.50 Å². The number of nitrogens with zero attached hydrogens (tertiary/aromatic N) is 3. The van der Waals surface area contributed by atoms with Crippen LogP contribution in [0.25, 0.3) is 5.52 Å². The molecule has 0 aliphatic rings. The summed E-state index contributed by atoms with van der Waals surface area (Å²) in [7, 11) is 0. The van der Waals surface area contributed by atoms with Crippen molar-refractivity contribution in [3.63, 3.8) is 0 Å². The third-order valence-electron chi connectivity index (χ3n) is 1.41. The van der Waals surface area contributed by atoms with E-state index in [0.717, 1.165) is 9.99 Å². The van der Waals surface area contributed by atoms with E-state index in [1.807, 2.05) is 0 Å². The highest BCUT2D eigenvalue weighted by molar-refractivity contribution is 9.10. The fourth-order valence-electron chi connectivity index (χ4n) is 0.932. The van der Waals surface area contributed by atoms with Gasteiger partial charge in [0.2, 0.25) is 0 Å². The van der Waals surface area contributed by atoms with Crippen LogP contribution in [0.2, 0.25) is 0 Å². The Morgan fingerprint density at radius 2 is 2.36 bits per heavy atom. The molecule has 0 aliphatic heterocycles. The van der Waals surface area contributed by atoms with Gasteiger partial charge >= 0.3 is 0 Å². The molecule has 0 spiro atoms. The van der Waals surface area contributed by atoms with Gasteiger partial charge in [-0.05, 0) is 15.9 Å². The summed E-state index contributed by atoms with van der Waals surface area (Å²) in [5.41, 5.74) is 6.41. The zero-order valence-corrected chi connectivity index (χ0v) is 7.12. The van der Waals surface area contributed by atoms with Crippen molar-refractivity contribution in [1.82, 2.24) is 14.6 Å². The highest BCUT2D eigenvalue weighted by Gasteiger charge is 2.03. The Balaban J connectivity index is 2.96. The zero-order valence-electron chi connectivity index (χ0n) is 5.53. The minimum atomic E-state index is 0.483. The molecular weight excluding hydrogens is 208 g/mol. The van der Waals surface area contributed by atoms with E-state index in [0.29, 0.717) is 5.82 Å². The average molecular weight is 213 g/mol. The molecule has 0 aromatic carbocycles. The zero-order chi connectivity index (χ0) is 7.84. The van der Waals surface area contributed by atoms with E-state index in [-0.39, 0.29) is 0 Å². The number of aromatic nitrogens is 3. The molecule has 2 heterocycles. The van der Waals surface area contributed by atoms with Crippen LogP contribution in [0.4, 0.5) is 5.82 Å². The van der Waals surface area contributed by atoms with Gasteiger partial charge in [-0.2, -0.15) is 5.10 Å². The van der Waals surface area contributed by atoms with Crippen molar-refractivity contribution in [2.24, 2.45) is 0 Å². The first kappa shape index (κ1) is 6.60. The van der Waals surface area contributed by atoms with Gasteiger partial charge in [0.25, 0.3) is 0 Å². The Kier molecular flexibility index (Phi) is 1.32. The molecule has 0 bridgehead atoms. The van der Waals surface area contributed by atoms with E-state index in [4.69, 9.17) is 5.73 Å². The normalized spacial score (nSPS) is 10.6. The molecule has 5 heteroatoms. The summed E-state index contributed by atoms with van der Waals surface area (Å²) in [5, 5.41) is 4.03. The quantitative estimate of drug-likeness (QED) is 0.712. The van der Waals surface area contributed by atoms with E-state index in [9.17, 15) is 0 Å². The minimum Gasteiger partial charge on any atom is -0.382 e. The van der Waals surface area contributed by atoms with E-state index in [2.05, 4.69) is 26.0 Å². The Morgan fingerprint density at radius 1 is 1.55 bits per heavy atom. The second-order valence-electron chi connectivity index (χ2n) is 2.10. The van der Waals surface area contributed by atoms with Crippen LogP contribution < -0.4 is 5.73 Å². The lowest BCUT2D eigenvalue weighted by atomic mass is 10.5. The maximum atomic E-state index is 5.60. The maximum absolute atomic E-state index is 5.60. The summed E-state index contributed by atoms with van der Waals surface area (Å²) < 4.78 is 2.54. The Bertz CT molecular complexity index is 394. The monoisotopic (exact) mass is 212 g/mol. The van der Waals surface area contributed by atoms with Crippen LogP contribution in [0, 0.1) is 0 Å². The lowest BCUT2D eigenvalue weighted by Gasteiger charge is -1.94. The number of hydrogen-bond acceptors (Lipinski definition) is 3. The minimum absolute atomic E-state index is 0.483. The van der Waals surface area contributed by atoms with E-state index < -0.39 is 0 Å². The number of rotatable bonds is 0. The third kappa shape index (κ3) is 0.883. The Morgan fingerprint density at radius 3 is 3.09 bits per heavy atom. The van der Waals surface area contributed by atoms with Crippen LogP contribution in [-0.4, -0.2) is 14.6 Å². The van der Waals surface area contributed by atoms with E-state index in [1.165, 1.54) is 0 Å². The SMILES string of the molecule is Nc1nccn2ncc(Br)c12. The first-order valence-corrected chi connectivity index (χ1v) is 3.81. The second kappa shape index (κ2) is 2.20. The summed E-state index contributed by atoms with van der Waals surface area (Å²) in [5.74, 6) is 0.483. The number of fused-ring (bicyclic) bond motifs is 1. The molecular formula is C6H5BrN4. The van der Waals surface area contributed by atoms with Crippen molar-refractivity contribution in [1.29, 1.82) is 0 Å². The number of halogens is 1. The van der Waals surface area contributed by atoms with Gasteiger partial charge in [0.1, 0.15) is 5.52 Å². The van der Waals surface area contributed by atoms with Crippen molar-refractivity contribution in [2.75, 3.05) is 5.73 Å². The highest BCUT2D eigenvalue weighted by atomic mass is 79.9. The van der Waals surface area contributed by atoms with Gasteiger partial charge in [-0.15, -0.1) is 0 Å².